The van der Waals surface area contributed by atoms with Crippen LogP contribution in [0.4, 0.5) is 0 Å². The third kappa shape index (κ3) is 4.62. The molecule has 2 N–H and O–H groups in total. The van der Waals surface area contributed by atoms with Crippen LogP contribution in [0.25, 0.3) is 0 Å². The predicted molar refractivity (Wildman–Crippen MR) is 55.3 cm³/mol. The molecule has 1 fully saturated rings. The Labute approximate surface area is 106 Å². The smallest absolute Gasteiger partial charge is 0.354 e. The van der Waals surface area contributed by atoms with Gasteiger partial charge in [-0.1, -0.05) is 0 Å². The number of methoxy groups -OCH3 is 2. The number of halogens is 1. The van der Waals surface area contributed by atoms with Crippen molar-refractivity contribution in [3.8, 4) is 0 Å². The highest BCUT2D eigenvalue weighted by Gasteiger charge is 2.22. The highest BCUT2D eigenvalue weighted by Crippen LogP contribution is 2.06. The van der Waals surface area contributed by atoms with E-state index in [4.69, 9.17) is 0 Å². The van der Waals surface area contributed by atoms with Crippen molar-refractivity contribution < 1.29 is 36.8 Å². The predicted octanol–water partition coefficient (Wildman–Crippen LogP) is -4.90. The third-order valence-electron chi connectivity index (χ3n) is 2.40. The van der Waals surface area contributed by atoms with Crippen LogP contribution >= 0.6 is 0 Å². The maximum Gasteiger partial charge on any atom is 0.354 e. The number of esters is 2. The highest BCUT2D eigenvalue weighted by molar-refractivity contribution is 5.95. The Morgan fingerprint density at radius 3 is 2.24 bits per heavy atom. The minimum absolute atomic E-state index is 0. The second-order valence-corrected chi connectivity index (χ2v) is 3.40. The molecule has 0 saturated carbocycles. The zero-order valence-electron chi connectivity index (χ0n) is 9.94. The van der Waals surface area contributed by atoms with Gasteiger partial charge in [0.1, 0.15) is 5.70 Å². The summed E-state index contributed by atoms with van der Waals surface area (Å²) in [7, 11) is 2.57. The molecule has 6 nitrogen and oxygen atoms in total. The van der Waals surface area contributed by atoms with Gasteiger partial charge in [-0.15, -0.1) is 0 Å². The molecule has 98 valence electrons. The highest BCUT2D eigenvalue weighted by atomic mass is 35.5. The number of quaternary nitrogens is 1. The third-order valence-corrected chi connectivity index (χ3v) is 2.40. The number of hydrogen-bond donors (Lipinski definition) is 1. The molecule has 1 aliphatic rings. The van der Waals surface area contributed by atoms with Crippen molar-refractivity contribution in [2.75, 3.05) is 40.4 Å². The SMILES string of the molecule is COC(=O)/C=C(\C(=O)OC)N1CC[NH2+]CC1.[Cl-]. The fraction of sp³-hybridized carbons (Fsp3) is 0.600. The van der Waals surface area contributed by atoms with Gasteiger partial charge in [-0.2, -0.15) is 0 Å². The number of nitrogens with two attached hydrogens (primary N) is 1. The van der Waals surface area contributed by atoms with E-state index in [1.165, 1.54) is 20.3 Å². The lowest BCUT2D eigenvalue weighted by molar-refractivity contribution is -0.662. The number of hydrogen-bond acceptors (Lipinski definition) is 5. The Kier molecular flexibility index (Phi) is 7.32. The summed E-state index contributed by atoms with van der Waals surface area (Å²) in [6.45, 7) is 3.24. The van der Waals surface area contributed by atoms with Crippen molar-refractivity contribution in [3.05, 3.63) is 11.8 Å². The van der Waals surface area contributed by atoms with Crippen molar-refractivity contribution in [1.29, 1.82) is 0 Å². The number of carbonyl (C=O) groups is 2. The average Bonchev–Trinajstić information content (AvgIpc) is 2.35. The fourth-order valence-electron chi connectivity index (χ4n) is 1.55. The molecule has 0 aromatic carbocycles. The quantitative estimate of drug-likeness (QED) is 0.409. The number of rotatable bonds is 3. The Bertz CT molecular complexity index is 301. The van der Waals surface area contributed by atoms with Crippen molar-refractivity contribution in [1.82, 2.24) is 4.90 Å². The number of piperazine rings is 1. The molecule has 1 aliphatic heterocycles. The van der Waals surface area contributed by atoms with E-state index in [-0.39, 0.29) is 18.1 Å². The topological polar surface area (TPSA) is 72.5 Å². The summed E-state index contributed by atoms with van der Waals surface area (Å²) < 4.78 is 9.15. The number of ether oxygens (including phenoxy) is 2. The van der Waals surface area contributed by atoms with Crippen LogP contribution in [0.1, 0.15) is 0 Å². The van der Waals surface area contributed by atoms with E-state index in [0.29, 0.717) is 0 Å². The van der Waals surface area contributed by atoms with Gasteiger partial charge in [0.2, 0.25) is 0 Å². The van der Waals surface area contributed by atoms with Crippen LogP contribution in [0.3, 0.4) is 0 Å². The minimum Gasteiger partial charge on any atom is -1.00 e. The van der Waals surface area contributed by atoms with E-state index in [1.54, 1.807) is 0 Å². The van der Waals surface area contributed by atoms with Gasteiger partial charge in [-0.25, -0.2) is 9.59 Å². The van der Waals surface area contributed by atoms with Crippen molar-refractivity contribution in [2.45, 2.75) is 0 Å². The van der Waals surface area contributed by atoms with Crippen LogP contribution in [0.2, 0.25) is 0 Å². The molecule has 7 heteroatoms. The first-order chi connectivity index (χ1) is 7.69. The van der Waals surface area contributed by atoms with Crippen LogP contribution in [0.15, 0.2) is 11.8 Å². The maximum atomic E-state index is 11.5. The second-order valence-electron chi connectivity index (χ2n) is 3.40. The van der Waals surface area contributed by atoms with Gasteiger partial charge < -0.3 is 32.1 Å². The van der Waals surface area contributed by atoms with Crippen LogP contribution in [-0.2, 0) is 19.1 Å². The molecular weight excluding hydrogens is 248 g/mol. The fourth-order valence-corrected chi connectivity index (χ4v) is 1.55. The van der Waals surface area contributed by atoms with Gasteiger partial charge >= 0.3 is 11.9 Å². The van der Waals surface area contributed by atoms with E-state index in [9.17, 15) is 9.59 Å². The van der Waals surface area contributed by atoms with E-state index < -0.39 is 11.9 Å². The first-order valence-corrected chi connectivity index (χ1v) is 5.13. The van der Waals surface area contributed by atoms with E-state index in [0.717, 1.165) is 26.2 Å². The van der Waals surface area contributed by atoms with Crippen molar-refractivity contribution in [3.63, 3.8) is 0 Å². The zero-order chi connectivity index (χ0) is 12.0. The Morgan fingerprint density at radius 1 is 1.18 bits per heavy atom. The maximum absolute atomic E-state index is 11.5. The number of carbonyl (C=O) groups excluding carboxylic acids is 2. The Hall–Kier alpha value is -1.27. The molecule has 0 aromatic heterocycles. The van der Waals surface area contributed by atoms with Crippen LogP contribution in [-0.4, -0.2) is 57.2 Å². The molecule has 1 heterocycles. The normalized spacial score (nSPS) is 15.9. The monoisotopic (exact) mass is 264 g/mol. The van der Waals surface area contributed by atoms with Crippen LogP contribution in [0.5, 0.6) is 0 Å². The number of nitrogens with zero attached hydrogens (tertiary/aromatic N) is 1. The molecule has 0 unspecified atom stereocenters. The molecule has 1 saturated heterocycles. The zero-order valence-corrected chi connectivity index (χ0v) is 10.7. The van der Waals surface area contributed by atoms with Gasteiger partial charge in [-0.3, -0.25) is 0 Å². The lowest BCUT2D eigenvalue weighted by Crippen LogP contribution is -3.00. The molecule has 1 rings (SSSR count). The summed E-state index contributed by atoms with van der Waals surface area (Å²) in [5.41, 5.74) is 0.266. The summed E-state index contributed by atoms with van der Waals surface area (Å²) >= 11 is 0. The van der Waals surface area contributed by atoms with Crippen LogP contribution < -0.4 is 17.7 Å². The van der Waals surface area contributed by atoms with Gasteiger partial charge in [0.05, 0.1) is 46.5 Å². The second kappa shape index (κ2) is 7.92. The summed E-state index contributed by atoms with van der Waals surface area (Å²) in [6, 6.07) is 0. The average molecular weight is 265 g/mol. The Balaban J connectivity index is 0.00000256. The summed E-state index contributed by atoms with van der Waals surface area (Å²) in [4.78, 5) is 24.5. The van der Waals surface area contributed by atoms with Gasteiger partial charge in [0.25, 0.3) is 0 Å². The standard InChI is InChI=1S/C10H16N2O4.ClH/c1-15-9(13)7-8(10(14)16-2)12-5-3-11-4-6-12;/h7,11H,3-6H2,1-2H3;1H/b8-7+;. The molecule has 0 aliphatic carbocycles. The molecule has 0 radical (unpaired) electrons. The summed E-state index contributed by atoms with van der Waals surface area (Å²) in [5.74, 6) is -1.05. The molecule has 17 heavy (non-hydrogen) atoms. The summed E-state index contributed by atoms with van der Waals surface area (Å²) in [6.07, 6.45) is 1.18. The van der Waals surface area contributed by atoms with E-state index >= 15 is 0 Å². The van der Waals surface area contributed by atoms with Gasteiger partial charge in [-0.05, 0) is 0 Å². The lowest BCUT2D eigenvalue weighted by Gasteiger charge is -2.27. The Morgan fingerprint density at radius 2 is 1.76 bits per heavy atom. The van der Waals surface area contributed by atoms with Crippen molar-refractivity contribution in [2.24, 2.45) is 0 Å². The molecule has 0 aromatic rings. The van der Waals surface area contributed by atoms with Crippen LogP contribution in [0, 0.1) is 0 Å². The van der Waals surface area contributed by atoms with Gasteiger partial charge in [0.15, 0.2) is 0 Å². The van der Waals surface area contributed by atoms with Gasteiger partial charge in [0, 0.05) is 0 Å². The minimum atomic E-state index is -0.546. The molecule has 0 amide bonds. The van der Waals surface area contributed by atoms with Crippen molar-refractivity contribution >= 4 is 11.9 Å². The molecule has 0 bridgehead atoms. The first-order valence-electron chi connectivity index (χ1n) is 5.13. The largest absolute Gasteiger partial charge is 1.00 e. The molecule has 0 spiro atoms. The lowest BCUT2D eigenvalue weighted by atomic mass is 10.3. The van der Waals surface area contributed by atoms with E-state index in [1.807, 2.05) is 4.90 Å². The first kappa shape index (κ1) is 15.7. The summed E-state index contributed by atoms with van der Waals surface area (Å²) in [5, 5.41) is 2.16. The molecular formula is C10H17ClN2O4. The molecule has 0 atom stereocenters. The van der Waals surface area contributed by atoms with E-state index in [2.05, 4.69) is 14.8 Å².